The molecule has 0 aliphatic carbocycles. The molecule has 0 atom stereocenters. The molecule has 1 N–H and O–H groups in total. The number of hydrogen-bond donors (Lipinski definition) is 1. The van der Waals surface area contributed by atoms with Gasteiger partial charge in [-0.15, -0.1) is 0 Å². The minimum absolute atomic E-state index is 0.0228. The quantitative estimate of drug-likeness (QED) is 0.700. The Hall–Kier alpha value is -1.13. The van der Waals surface area contributed by atoms with Crippen LogP contribution < -0.4 is 9.03 Å². The third-order valence-corrected chi connectivity index (χ3v) is 5.32. The Balaban J connectivity index is 2.68. The minimum atomic E-state index is -3.56. The van der Waals surface area contributed by atoms with Crippen molar-refractivity contribution >= 4 is 25.9 Å². The molecule has 8 nitrogen and oxygen atoms in total. The predicted molar refractivity (Wildman–Crippen MR) is 80.1 cm³/mol. The fourth-order valence-electron chi connectivity index (χ4n) is 1.63. The molecule has 0 fully saturated rings. The second-order valence-electron chi connectivity index (χ2n) is 4.70. The number of unbranched alkanes of at least 4 members (excludes halogenated alkanes) is 1. The molecule has 0 aliphatic heterocycles. The van der Waals surface area contributed by atoms with Crippen molar-refractivity contribution in [1.82, 2.24) is 9.88 Å². The number of nitrogens with zero attached hydrogens (tertiary/aromatic N) is 2. The number of anilines is 1. The molecule has 1 aromatic rings. The first-order valence-corrected chi connectivity index (χ1v) is 10.0. The zero-order valence-corrected chi connectivity index (χ0v) is 14.0. The lowest BCUT2D eigenvalue weighted by molar-refractivity contribution is 0.398. The highest BCUT2D eigenvalue weighted by atomic mass is 32.2. The molecule has 1 rings (SSSR count). The van der Waals surface area contributed by atoms with Crippen LogP contribution >= 0.6 is 0 Å². The van der Waals surface area contributed by atoms with Crippen molar-refractivity contribution in [2.45, 2.75) is 26.7 Å². The van der Waals surface area contributed by atoms with Gasteiger partial charge in [0.05, 0.1) is 12.0 Å². The lowest BCUT2D eigenvalue weighted by Crippen LogP contribution is -2.39. The van der Waals surface area contributed by atoms with Crippen molar-refractivity contribution in [3.05, 3.63) is 11.8 Å². The van der Waals surface area contributed by atoms with E-state index in [-0.39, 0.29) is 24.7 Å². The molecular weight excluding hydrogens is 318 g/mol. The van der Waals surface area contributed by atoms with Gasteiger partial charge in [0.25, 0.3) is 0 Å². The summed E-state index contributed by atoms with van der Waals surface area (Å²) >= 11 is 0. The second kappa shape index (κ2) is 7.23. The molecule has 0 spiro atoms. The van der Waals surface area contributed by atoms with E-state index in [1.807, 2.05) is 6.92 Å². The van der Waals surface area contributed by atoms with Gasteiger partial charge in [-0.1, -0.05) is 18.5 Å². The van der Waals surface area contributed by atoms with Gasteiger partial charge in [-0.25, -0.2) is 25.9 Å². The molecule has 10 heteroatoms. The summed E-state index contributed by atoms with van der Waals surface area (Å²) < 4.78 is 55.0. The molecule has 0 aliphatic rings. The summed E-state index contributed by atoms with van der Waals surface area (Å²) in [6.45, 7) is 3.47. The van der Waals surface area contributed by atoms with Crippen molar-refractivity contribution < 1.29 is 21.4 Å². The Labute approximate surface area is 125 Å². The molecule has 1 heterocycles. The van der Waals surface area contributed by atoms with Crippen molar-refractivity contribution in [1.29, 1.82) is 0 Å². The van der Waals surface area contributed by atoms with Crippen LogP contribution in [0.2, 0.25) is 0 Å². The van der Waals surface area contributed by atoms with Gasteiger partial charge in [0.15, 0.2) is 5.82 Å². The van der Waals surface area contributed by atoms with Crippen LogP contribution in [0, 0.1) is 6.92 Å². The largest absolute Gasteiger partial charge is 0.360 e. The molecule has 1 aromatic heterocycles. The summed E-state index contributed by atoms with van der Waals surface area (Å²) in [6.07, 6.45) is 2.37. The second-order valence-corrected chi connectivity index (χ2v) is 8.53. The SMILES string of the molecule is CCCCS(=O)(=O)NCCN(c1cc(C)on1)S(C)(=O)=O. The Kier molecular flexibility index (Phi) is 6.17. The molecule has 0 amide bonds. The average Bonchev–Trinajstić information content (AvgIpc) is 2.77. The number of aromatic nitrogens is 1. The van der Waals surface area contributed by atoms with Crippen LogP contribution in [0.5, 0.6) is 0 Å². The molecule has 0 saturated heterocycles. The van der Waals surface area contributed by atoms with Gasteiger partial charge < -0.3 is 4.52 Å². The van der Waals surface area contributed by atoms with Crippen LogP contribution in [0.15, 0.2) is 10.6 Å². The minimum Gasteiger partial charge on any atom is -0.360 e. The zero-order valence-electron chi connectivity index (χ0n) is 12.4. The summed E-state index contributed by atoms with van der Waals surface area (Å²) in [7, 11) is -6.94. The molecule has 122 valence electrons. The highest BCUT2D eigenvalue weighted by Gasteiger charge is 2.21. The van der Waals surface area contributed by atoms with E-state index in [1.54, 1.807) is 6.92 Å². The molecule has 0 radical (unpaired) electrons. The van der Waals surface area contributed by atoms with E-state index in [0.717, 1.165) is 17.0 Å². The van der Waals surface area contributed by atoms with Crippen LogP contribution in [0.3, 0.4) is 0 Å². The number of aryl methyl sites for hydroxylation is 1. The molecule has 0 saturated carbocycles. The number of rotatable bonds is 9. The lowest BCUT2D eigenvalue weighted by Gasteiger charge is -2.19. The van der Waals surface area contributed by atoms with Crippen LogP contribution in [0.25, 0.3) is 0 Å². The number of sulfonamides is 2. The van der Waals surface area contributed by atoms with Gasteiger partial charge in [-0.2, -0.15) is 0 Å². The summed E-state index contributed by atoms with van der Waals surface area (Å²) in [5, 5.41) is 3.64. The first-order chi connectivity index (χ1) is 9.65. The van der Waals surface area contributed by atoms with E-state index >= 15 is 0 Å². The third-order valence-electron chi connectivity index (χ3n) is 2.67. The van der Waals surface area contributed by atoms with Crippen LogP contribution in [-0.4, -0.2) is 47.1 Å². The standard InChI is InChI=1S/C11H21N3O5S2/c1-4-5-8-21(17,18)12-6-7-14(20(3,15)16)11-9-10(2)19-13-11/h9,12H,4-8H2,1-3H3. The van der Waals surface area contributed by atoms with E-state index < -0.39 is 20.0 Å². The smallest absolute Gasteiger partial charge is 0.233 e. The van der Waals surface area contributed by atoms with E-state index in [2.05, 4.69) is 9.88 Å². The first kappa shape index (κ1) is 17.9. The van der Waals surface area contributed by atoms with Gasteiger partial charge in [0, 0.05) is 19.2 Å². The molecule has 21 heavy (non-hydrogen) atoms. The van der Waals surface area contributed by atoms with Crippen LogP contribution in [0.1, 0.15) is 25.5 Å². The Bertz CT molecular complexity index is 651. The Morgan fingerprint density at radius 3 is 2.48 bits per heavy atom. The number of nitrogens with one attached hydrogen (secondary N) is 1. The van der Waals surface area contributed by atoms with Gasteiger partial charge in [0.1, 0.15) is 5.76 Å². The fourth-order valence-corrected chi connectivity index (χ4v) is 3.69. The third kappa shape index (κ3) is 6.02. The monoisotopic (exact) mass is 339 g/mol. The van der Waals surface area contributed by atoms with Crippen molar-refractivity contribution in [3.63, 3.8) is 0 Å². The number of hydrogen-bond acceptors (Lipinski definition) is 6. The molecule has 0 aromatic carbocycles. The first-order valence-electron chi connectivity index (χ1n) is 6.54. The van der Waals surface area contributed by atoms with Gasteiger partial charge in [-0.05, 0) is 13.3 Å². The summed E-state index contributed by atoms with van der Waals surface area (Å²) in [5.74, 6) is 0.649. The van der Waals surface area contributed by atoms with E-state index in [0.29, 0.717) is 12.2 Å². The zero-order chi connectivity index (χ0) is 16.1. The van der Waals surface area contributed by atoms with E-state index in [1.165, 1.54) is 6.07 Å². The molecule has 0 bridgehead atoms. The van der Waals surface area contributed by atoms with Gasteiger partial charge >= 0.3 is 0 Å². The highest BCUT2D eigenvalue weighted by Crippen LogP contribution is 2.16. The van der Waals surface area contributed by atoms with E-state index in [9.17, 15) is 16.8 Å². The summed E-state index contributed by atoms with van der Waals surface area (Å²) in [5.41, 5.74) is 0. The maximum Gasteiger partial charge on any atom is 0.233 e. The Morgan fingerprint density at radius 1 is 1.33 bits per heavy atom. The predicted octanol–water partition coefficient (Wildman–Crippen LogP) is 0.469. The van der Waals surface area contributed by atoms with Gasteiger partial charge in [0.2, 0.25) is 20.0 Å². The highest BCUT2D eigenvalue weighted by molar-refractivity contribution is 7.92. The van der Waals surface area contributed by atoms with Crippen LogP contribution in [0.4, 0.5) is 5.82 Å². The summed E-state index contributed by atoms with van der Waals surface area (Å²) in [4.78, 5) is 0. The lowest BCUT2D eigenvalue weighted by atomic mass is 10.4. The fraction of sp³-hybridized carbons (Fsp3) is 0.727. The average molecular weight is 339 g/mol. The van der Waals surface area contributed by atoms with Crippen LogP contribution in [-0.2, 0) is 20.0 Å². The topological polar surface area (TPSA) is 110 Å². The van der Waals surface area contributed by atoms with Gasteiger partial charge in [-0.3, -0.25) is 0 Å². The van der Waals surface area contributed by atoms with Crippen molar-refractivity contribution in [3.8, 4) is 0 Å². The molecule has 0 unspecified atom stereocenters. The molecular formula is C11H21N3O5S2. The normalized spacial score (nSPS) is 12.5. The van der Waals surface area contributed by atoms with E-state index in [4.69, 9.17) is 4.52 Å². The maximum atomic E-state index is 11.7. The van der Waals surface area contributed by atoms with Crippen molar-refractivity contribution in [2.75, 3.05) is 29.4 Å². The maximum absolute atomic E-state index is 11.7. The summed E-state index contributed by atoms with van der Waals surface area (Å²) in [6, 6.07) is 1.48. The Morgan fingerprint density at radius 2 is 2.00 bits per heavy atom. The van der Waals surface area contributed by atoms with Crippen molar-refractivity contribution in [2.24, 2.45) is 0 Å².